The van der Waals surface area contributed by atoms with Crippen LogP contribution in [-0.2, 0) is 0 Å². The first kappa shape index (κ1) is 14.6. The quantitative estimate of drug-likeness (QED) is 0.371. The second-order valence-corrected chi connectivity index (χ2v) is 5.43. The van der Waals surface area contributed by atoms with Crippen LogP contribution in [0.5, 0.6) is 0 Å². The molecule has 1 aliphatic rings. The van der Waals surface area contributed by atoms with Crippen molar-refractivity contribution in [2.75, 3.05) is 18.0 Å². The molecule has 2 rings (SSSR count). The van der Waals surface area contributed by atoms with Gasteiger partial charge in [-0.05, 0) is 45.1 Å². The molecule has 110 valence electrons. The number of hydrogen-bond acceptors (Lipinski definition) is 5. The Morgan fingerprint density at radius 3 is 2.60 bits per heavy atom. The van der Waals surface area contributed by atoms with Gasteiger partial charge in [0, 0.05) is 13.1 Å². The lowest BCUT2D eigenvalue weighted by molar-refractivity contribution is 0.317. The van der Waals surface area contributed by atoms with Gasteiger partial charge in [-0.1, -0.05) is 11.6 Å². The molecule has 6 nitrogen and oxygen atoms in total. The van der Waals surface area contributed by atoms with Gasteiger partial charge in [0.1, 0.15) is 0 Å². The number of oxime groups is 1. The lowest BCUT2D eigenvalue weighted by atomic mass is 9.85. The number of aromatic nitrogens is 2. The molecule has 0 radical (unpaired) electrons. The highest BCUT2D eigenvalue weighted by Crippen LogP contribution is 2.30. The lowest BCUT2D eigenvalue weighted by Gasteiger charge is -2.33. The van der Waals surface area contributed by atoms with Gasteiger partial charge in [0.2, 0.25) is 0 Å². The van der Waals surface area contributed by atoms with E-state index in [0.717, 1.165) is 36.1 Å². The van der Waals surface area contributed by atoms with Crippen molar-refractivity contribution in [2.45, 2.75) is 40.0 Å². The molecule has 20 heavy (non-hydrogen) atoms. The number of hydrogen-bond donors (Lipinski definition) is 2. The Labute approximate surface area is 119 Å². The van der Waals surface area contributed by atoms with Crippen LogP contribution in [0.25, 0.3) is 0 Å². The van der Waals surface area contributed by atoms with Crippen molar-refractivity contribution in [2.24, 2.45) is 16.8 Å². The minimum absolute atomic E-state index is 0.0996. The maximum absolute atomic E-state index is 9.02. The van der Waals surface area contributed by atoms with E-state index in [0.29, 0.717) is 5.56 Å². The van der Waals surface area contributed by atoms with Crippen LogP contribution in [0.3, 0.4) is 0 Å². The molecule has 1 fully saturated rings. The van der Waals surface area contributed by atoms with E-state index in [1.807, 2.05) is 13.8 Å². The summed E-state index contributed by atoms with van der Waals surface area (Å²) in [7, 11) is 0. The monoisotopic (exact) mass is 277 g/mol. The molecule has 1 aromatic rings. The fourth-order valence-electron chi connectivity index (χ4n) is 2.53. The van der Waals surface area contributed by atoms with Gasteiger partial charge in [-0.3, -0.25) is 0 Å². The summed E-state index contributed by atoms with van der Waals surface area (Å²) in [5.74, 6) is 1.54. The van der Waals surface area contributed by atoms with Crippen LogP contribution in [0.4, 0.5) is 5.82 Å². The minimum atomic E-state index is 0.0996. The Bertz CT molecular complexity index is 511. The summed E-state index contributed by atoms with van der Waals surface area (Å²) < 4.78 is 0. The first-order valence-electron chi connectivity index (χ1n) is 7.15. The lowest BCUT2D eigenvalue weighted by Crippen LogP contribution is -2.35. The second kappa shape index (κ2) is 6.07. The first-order valence-corrected chi connectivity index (χ1v) is 7.15. The molecule has 0 spiro atoms. The zero-order valence-corrected chi connectivity index (χ0v) is 12.4. The molecular formula is C14H23N5O. The van der Waals surface area contributed by atoms with Gasteiger partial charge in [0.15, 0.2) is 11.7 Å². The Hall–Kier alpha value is -1.85. The zero-order chi connectivity index (χ0) is 14.7. The standard InChI is InChI=1S/C14H23N5O/c1-4-19(8-11-6-5-7-11)14-12(13(15)18-20)9(2)10(3)16-17-14/h11,20H,4-8H2,1-3H3,(H2,15,18). The van der Waals surface area contributed by atoms with Crippen molar-refractivity contribution in [1.82, 2.24) is 10.2 Å². The number of nitrogens with zero attached hydrogens (tertiary/aromatic N) is 4. The van der Waals surface area contributed by atoms with Crippen LogP contribution in [0.2, 0.25) is 0 Å². The van der Waals surface area contributed by atoms with Gasteiger partial charge in [-0.2, -0.15) is 5.10 Å². The first-order chi connectivity index (χ1) is 9.58. The van der Waals surface area contributed by atoms with E-state index in [-0.39, 0.29) is 5.84 Å². The minimum Gasteiger partial charge on any atom is -0.409 e. The van der Waals surface area contributed by atoms with Crippen LogP contribution >= 0.6 is 0 Å². The summed E-state index contributed by atoms with van der Waals surface area (Å²) in [5, 5.41) is 20.7. The number of nitrogens with two attached hydrogens (primary N) is 1. The van der Waals surface area contributed by atoms with Crippen LogP contribution in [0, 0.1) is 19.8 Å². The van der Waals surface area contributed by atoms with E-state index in [1.165, 1.54) is 19.3 Å². The molecule has 0 atom stereocenters. The van der Waals surface area contributed by atoms with E-state index in [1.54, 1.807) is 0 Å². The molecule has 1 aromatic heterocycles. The van der Waals surface area contributed by atoms with Crippen molar-refractivity contribution in [3.63, 3.8) is 0 Å². The zero-order valence-electron chi connectivity index (χ0n) is 12.4. The third kappa shape index (κ3) is 2.69. The molecule has 6 heteroatoms. The predicted molar refractivity (Wildman–Crippen MR) is 79.2 cm³/mol. The van der Waals surface area contributed by atoms with Crippen molar-refractivity contribution in [3.05, 3.63) is 16.8 Å². The van der Waals surface area contributed by atoms with Gasteiger partial charge in [0.25, 0.3) is 0 Å². The highest BCUT2D eigenvalue weighted by Gasteiger charge is 2.24. The number of rotatable bonds is 5. The average Bonchev–Trinajstić information content (AvgIpc) is 2.40. The molecule has 1 saturated carbocycles. The Kier molecular flexibility index (Phi) is 4.42. The van der Waals surface area contributed by atoms with Gasteiger partial charge >= 0.3 is 0 Å². The van der Waals surface area contributed by atoms with E-state index in [2.05, 4.69) is 27.2 Å². The van der Waals surface area contributed by atoms with Crippen LogP contribution in [0.1, 0.15) is 43.0 Å². The third-order valence-electron chi connectivity index (χ3n) is 4.18. The van der Waals surface area contributed by atoms with Crippen LogP contribution in [-0.4, -0.2) is 34.3 Å². The molecule has 0 bridgehead atoms. The van der Waals surface area contributed by atoms with Crippen molar-refractivity contribution >= 4 is 11.7 Å². The maximum atomic E-state index is 9.02. The fourth-order valence-corrected chi connectivity index (χ4v) is 2.53. The van der Waals surface area contributed by atoms with E-state index >= 15 is 0 Å². The van der Waals surface area contributed by atoms with Gasteiger partial charge in [-0.25, -0.2) is 0 Å². The van der Waals surface area contributed by atoms with E-state index < -0.39 is 0 Å². The molecule has 1 heterocycles. The SMILES string of the molecule is CCN(CC1CCC1)c1nnc(C)c(C)c1C(N)=NO. The largest absolute Gasteiger partial charge is 0.409 e. The van der Waals surface area contributed by atoms with Gasteiger partial charge in [-0.15, -0.1) is 5.10 Å². The fraction of sp³-hybridized carbons (Fsp3) is 0.643. The summed E-state index contributed by atoms with van der Waals surface area (Å²) >= 11 is 0. The summed E-state index contributed by atoms with van der Waals surface area (Å²) in [5.41, 5.74) is 8.25. The second-order valence-electron chi connectivity index (χ2n) is 5.43. The number of aryl methyl sites for hydroxylation is 1. The van der Waals surface area contributed by atoms with E-state index in [9.17, 15) is 0 Å². The topological polar surface area (TPSA) is 87.6 Å². The van der Waals surface area contributed by atoms with Crippen molar-refractivity contribution < 1.29 is 5.21 Å². The Balaban J connectivity index is 2.39. The normalized spacial score (nSPS) is 16.1. The molecule has 0 aromatic carbocycles. The van der Waals surface area contributed by atoms with Gasteiger partial charge < -0.3 is 15.8 Å². The summed E-state index contributed by atoms with van der Waals surface area (Å²) in [6, 6.07) is 0. The summed E-state index contributed by atoms with van der Waals surface area (Å²) in [6.45, 7) is 7.69. The molecule has 1 aliphatic carbocycles. The smallest absolute Gasteiger partial charge is 0.174 e. The summed E-state index contributed by atoms with van der Waals surface area (Å²) in [6.07, 6.45) is 3.86. The van der Waals surface area contributed by atoms with Gasteiger partial charge in [0.05, 0.1) is 11.3 Å². The Morgan fingerprint density at radius 1 is 1.40 bits per heavy atom. The predicted octanol–water partition coefficient (Wildman–Crippen LogP) is 1.81. The molecule has 0 amide bonds. The highest BCUT2D eigenvalue weighted by atomic mass is 16.4. The molecule has 3 N–H and O–H groups in total. The third-order valence-corrected chi connectivity index (χ3v) is 4.18. The maximum Gasteiger partial charge on any atom is 0.174 e. The van der Waals surface area contributed by atoms with Crippen molar-refractivity contribution in [3.8, 4) is 0 Å². The Morgan fingerprint density at radius 2 is 2.10 bits per heavy atom. The van der Waals surface area contributed by atoms with Crippen LogP contribution in [0.15, 0.2) is 5.16 Å². The van der Waals surface area contributed by atoms with E-state index in [4.69, 9.17) is 10.9 Å². The highest BCUT2D eigenvalue weighted by molar-refractivity contribution is 6.02. The molecule has 0 aliphatic heterocycles. The van der Waals surface area contributed by atoms with Crippen LogP contribution < -0.4 is 10.6 Å². The number of anilines is 1. The molecule has 0 unspecified atom stereocenters. The number of amidine groups is 1. The van der Waals surface area contributed by atoms with Crippen molar-refractivity contribution in [1.29, 1.82) is 0 Å². The average molecular weight is 277 g/mol. The molecule has 0 saturated heterocycles. The summed E-state index contributed by atoms with van der Waals surface area (Å²) in [4.78, 5) is 2.18. The molecular weight excluding hydrogens is 254 g/mol.